The van der Waals surface area contributed by atoms with Gasteiger partial charge in [-0.05, 0) is 24.0 Å². The van der Waals surface area contributed by atoms with Gasteiger partial charge in [0, 0.05) is 23.3 Å². The molecule has 0 aromatic carbocycles. The molecule has 1 heterocycles. The molecule has 1 fully saturated rings. The number of amides is 1. The van der Waals surface area contributed by atoms with Crippen molar-refractivity contribution in [2.24, 2.45) is 5.11 Å². The second-order valence-corrected chi connectivity index (χ2v) is 4.04. The van der Waals surface area contributed by atoms with Gasteiger partial charge in [-0.25, -0.2) is 0 Å². The molecule has 0 aromatic heterocycles. The number of azide groups is 1. The molecule has 1 aliphatic carbocycles. The van der Waals surface area contributed by atoms with Crippen LogP contribution < -0.4 is 0 Å². The van der Waals surface area contributed by atoms with Crippen molar-refractivity contribution < 1.29 is 14.3 Å². The summed E-state index contributed by atoms with van der Waals surface area (Å²) >= 11 is 0. The molecule has 2 aliphatic rings. The highest BCUT2D eigenvalue weighted by molar-refractivity contribution is 5.95. The van der Waals surface area contributed by atoms with Crippen LogP contribution in [0.4, 0.5) is 0 Å². The Balaban J connectivity index is 2.18. The van der Waals surface area contributed by atoms with Gasteiger partial charge in [0.2, 0.25) is 5.91 Å². The fourth-order valence-corrected chi connectivity index (χ4v) is 2.26. The summed E-state index contributed by atoms with van der Waals surface area (Å²) in [5, 5.41) is 3.12. The number of hydrogen-bond donors (Lipinski definition) is 0. The molecule has 0 bridgehead atoms. The zero-order valence-electron chi connectivity index (χ0n) is 9.10. The van der Waals surface area contributed by atoms with E-state index in [9.17, 15) is 4.79 Å². The van der Waals surface area contributed by atoms with Crippen molar-refractivity contribution >= 4 is 5.91 Å². The molecule has 0 saturated carbocycles. The van der Waals surface area contributed by atoms with E-state index in [2.05, 4.69) is 10.0 Å². The fraction of sp³-hybridized carbons (Fsp3) is 0.700. The highest BCUT2D eigenvalue weighted by Gasteiger charge is 2.40. The largest absolute Gasteiger partial charge is 0.347 e. The summed E-state index contributed by atoms with van der Waals surface area (Å²) < 4.78 is 11.1. The van der Waals surface area contributed by atoms with Gasteiger partial charge >= 0.3 is 0 Å². The number of carbonyl (C=O) groups is 1. The Morgan fingerprint density at radius 3 is 2.75 bits per heavy atom. The third-order valence-corrected chi connectivity index (χ3v) is 3.01. The third-order valence-electron chi connectivity index (χ3n) is 3.01. The summed E-state index contributed by atoms with van der Waals surface area (Å²) in [6.07, 6.45) is 1.77. The molecule has 16 heavy (non-hydrogen) atoms. The minimum absolute atomic E-state index is 0.479. The summed E-state index contributed by atoms with van der Waals surface area (Å²) in [5.41, 5.74) is 9.72. The Morgan fingerprint density at radius 1 is 1.50 bits per heavy atom. The number of carbonyl (C=O) groups excluding carboxylic acids is 1. The Hall–Kier alpha value is -1.36. The highest BCUT2D eigenvalue weighted by atomic mass is 16.7. The number of rotatable bonds is 1. The first-order chi connectivity index (χ1) is 7.67. The van der Waals surface area contributed by atoms with E-state index in [-0.39, 0.29) is 0 Å². The van der Waals surface area contributed by atoms with E-state index in [4.69, 9.17) is 15.0 Å². The lowest BCUT2D eigenvalue weighted by atomic mass is 9.88. The van der Waals surface area contributed by atoms with Crippen LogP contribution in [0.25, 0.3) is 10.4 Å². The van der Waals surface area contributed by atoms with Gasteiger partial charge in [-0.3, -0.25) is 4.79 Å². The first-order valence-corrected chi connectivity index (χ1v) is 5.23. The van der Waals surface area contributed by atoms with Crippen LogP contribution in [-0.2, 0) is 14.3 Å². The Kier molecular flexibility index (Phi) is 2.96. The van der Waals surface area contributed by atoms with Gasteiger partial charge in [-0.15, -0.1) is 0 Å². The van der Waals surface area contributed by atoms with Gasteiger partial charge in [0.05, 0.1) is 13.2 Å². The number of hydrogen-bond acceptors (Lipinski definition) is 3. The van der Waals surface area contributed by atoms with Gasteiger partial charge in [-0.2, -0.15) is 0 Å². The van der Waals surface area contributed by atoms with Gasteiger partial charge in [0.25, 0.3) is 0 Å². The molecular formula is C10H13N3O3. The van der Waals surface area contributed by atoms with Gasteiger partial charge in [0.1, 0.15) is 0 Å². The third kappa shape index (κ3) is 1.95. The fourth-order valence-electron chi connectivity index (χ4n) is 2.26. The molecule has 0 N–H and O–H groups in total. The van der Waals surface area contributed by atoms with E-state index in [1.807, 2.05) is 6.92 Å². The van der Waals surface area contributed by atoms with Crippen LogP contribution in [-0.4, -0.2) is 24.9 Å². The molecule has 0 radical (unpaired) electrons. The Morgan fingerprint density at radius 2 is 2.19 bits per heavy atom. The molecule has 2 rings (SSSR count). The zero-order chi connectivity index (χ0) is 11.6. The molecule has 0 unspecified atom stereocenters. The molecule has 1 saturated heterocycles. The molecule has 86 valence electrons. The molecular weight excluding hydrogens is 210 g/mol. The lowest BCUT2D eigenvalue weighted by molar-refractivity contribution is -0.163. The van der Waals surface area contributed by atoms with Crippen LogP contribution >= 0.6 is 0 Å². The summed E-state index contributed by atoms with van der Waals surface area (Å²) in [6, 6.07) is 0. The lowest BCUT2D eigenvalue weighted by Crippen LogP contribution is -2.34. The van der Waals surface area contributed by atoms with Crippen molar-refractivity contribution in [3.8, 4) is 0 Å². The SMILES string of the molecule is CC1=C(C(=O)N=[N+]=[N-])CCC2(C1)OCCO2. The number of ether oxygens (including phenoxy) is 2. The molecule has 0 atom stereocenters. The van der Waals surface area contributed by atoms with Gasteiger partial charge in [-0.1, -0.05) is 5.57 Å². The minimum Gasteiger partial charge on any atom is -0.347 e. The van der Waals surface area contributed by atoms with Crippen molar-refractivity contribution in [3.63, 3.8) is 0 Å². The van der Waals surface area contributed by atoms with Crippen LogP contribution in [0.15, 0.2) is 16.3 Å². The minimum atomic E-state index is -0.537. The van der Waals surface area contributed by atoms with E-state index in [1.54, 1.807) is 0 Å². The maximum atomic E-state index is 11.5. The molecule has 6 heteroatoms. The van der Waals surface area contributed by atoms with Crippen LogP contribution in [0.3, 0.4) is 0 Å². The molecule has 6 nitrogen and oxygen atoms in total. The molecule has 1 aliphatic heterocycles. The summed E-state index contributed by atoms with van der Waals surface area (Å²) in [7, 11) is 0. The number of nitrogens with zero attached hydrogens (tertiary/aromatic N) is 3. The van der Waals surface area contributed by atoms with Gasteiger partial charge < -0.3 is 9.47 Å². The Labute approximate surface area is 92.8 Å². The molecule has 0 aromatic rings. The highest BCUT2D eigenvalue weighted by Crippen LogP contribution is 2.38. The average Bonchev–Trinajstić information content (AvgIpc) is 2.66. The van der Waals surface area contributed by atoms with E-state index < -0.39 is 11.7 Å². The van der Waals surface area contributed by atoms with Gasteiger partial charge in [0.15, 0.2) is 5.79 Å². The van der Waals surface area contributed by atoms with Crippen molar-refractivity contribution in [2.45, 2.75) is 32.0 Å². The van der Waals surface area contributed by atoms with Crippen molar-refractivity contribution in [1.82, 2.24) is 0 Å². The maximum absolute atomic E-state index is 11.5. The summed E-state index contributed by atoms with van der Waals surface area (Å²) in [5.74, 6) is -1.02. The van der Waals surface area contributed by atoms with Crippen molar-refractivity contribution in [1.29, 1.82) is 0 Å². The van der Waals surface area contributed by atoms with E-state index in [0.717, 1.165) is 5.57 Å². The first-order valence-electron chi connectivity index (χ1n) is 5.23. The van der Waals surface area contributed by atoms with Crippen LogP contribution in [0.5, 0.6) is 0 Å². The average molecular weight is 223 g/mol. The topological polar surface area (TPSA) is 84.3 Å². The molecule has 1 amide bonds. The second-order valence-electron chi connectivity index (χ2n) is 4.04. The summed E-state index contributed by atoms with van der Waals surface area (Å²) in [4.78, 5) is 14.0. The van der Waals surface area contributed by atoms with Crippen LogP contribution in [0.1, 0.15) is 26.2 Å². The van der Waals surface area contributed by atoms with Crippen molar-refractivity contribution in [3.05, 3.63) is 21.6 Å². The van der Waals surface area contributed by atoms with Crippen LogP contribution in [0.2, 0.25) is 0 Å². The maximum Gasteiger partial charge on any atom is 0.245 e. The first kappa shape index (κ1) is 11.1. The van der Waals surface area contributed by atoms with E-state index in [1.165, 1.54) is 0 Å². The summed E-state index contributed by atoms with van der Waals surface area (Å²) in [6.45, 7) is 3.06. The van der Waals surface area contributed by atoms with Crippen molar-refractivity contribution in [2.75, 3.05) is 13.2 Å². The van der Waals surface area contributed by atoms with E-state index >= 15 is 0 Å². The normalized spacial score (nSPS) is 23.3. The van der Waals surface area contributed by atoms with E-state index in [0.29, 0.717) is 38.0 Å². The quantitative estimate of drug-likeness (QED) is 0.387. The lowest BCUT2D eigenvalue weighted by Gasteiger charge is -2.32. The molecule has 1 spiro atoms. The second kappa shape index (κ2) is 4.25. The smallest absolute Gasteiger partial charge is 0.245 e. The zero-order valence-corrected chi connectivity index (χ0v) is 9.10. The van der Waals surface area contributed by atoms with Crippen LogP contribution in [0, 0.1) is 0 Å². The monoisotopic (exact) mass is 223 g/mol. The standard InChI is InChI=1S/C10H13N3O3/c1-7-6-10(15-4-5-16-10)3-2-8(7)9(14)12-13-11/h2-6H2,1H3. The predicted octanol–water partition coefficient (Wildman–Crippen LogP) is 2.07. The predicted molar refractivity (Wildman–Crippen MR) is 55.3 cm³/mol. The Bertz CT molecular complexity index is 390.